The largest absolute Gasteiger partial charge is 0.482 e. The number of imidazole rings is 1. The molecule has 230 valence electrons. The van der Waals surface area contributed by atoms with Gasteiger partial charge in [0.05, 0.1) is 30.3 Å². The predicted molar refractivity (Wildman–Crippen MR) is 167 cm³/mol. The molecule has 1 amide bonds. The number of nitrogens with zero attached hydrogens (tertiary/aromatic N) is 5. The molecule has 43 heavy (non-hydrogen) atoms. The fourth-order valence-corrected chi connectivity index (χ4v) is 5.01. The molecular weight excluding hydrogens is 548 g/mol. The van der Waals surface area contributed by atoms with Gasteiger partial charge < -0.3 is 34.3 Å². The fraction of sp³-hybridized carbons (Fsp3) is 0.438. The van der Waals surface area contributed by atoms with E-state index in [-0.39, 0.29) is 25.2 Å². The third-order valence-electron chi connectivity index (χ3n) is 6.83. The Morgan fingerprint density at radius 2 is 1.86 bits per heavy atom. The SMILES string of the molecule is COCCc1nc2c(N)nc3ccccc3c2n1CCCN(Cc1cccc(OCC(=O)OC(C)C)c1)C(=O)CN(C)C. The van der Waals surface area contributed by atoms with Crippen LogP contribution in [0.2, 0.25) is 0 Å². The maximum atomic E-state index is 13.3. The zero-order chi connectivity index (χ0) is 30.9. The monoisotopic (exact) mass is 590 g/mol. The number of nitrogen functional groups attached to an aromatic ring is 1. The molecule has 0 saturated heterocycles. The minimum atomic E-state index is -0.426. The van der Waals surface area contributed by atoms with Crippen LogP contribution < -0.4 is 10.5 Å². The molecule has 0 atom stereocenters. The summed E-state index contributed by atoms with van der Waals surface area (Å²) in [5, 5.41) is 0.984. The number of esters is 1. The predicted octanol–water partition coefficient (Wildman–Crippen LogP) is 3.67. The topological polar surface area (TPSA) is 125 Å². The summed E-state index contributed by atoms with van der Waals surface area (Å²) in [6, 6.07) is 15.4. The molecule has 0 radical (unpaired) electrons. The number of anilines is 1. The first-order chi connectivity index (χ1) is 20.7. The average molecular weight is 591 g/mol. The van der Waals surface area contributed by atoms with E-state index in [0.717, 1.165) is 27.8 Å². The van der Waals surface area contributed by atoms with Gasteiger partial charge in [0.1, 0.15) is 17.1 Å². The van der Waals surface area contributed by atoms with Crippen LogP contribution in [-0.4, -0.2) is 89.8 Å². The van der Waals surface area contributed by atoms with Gasteiger partial charge in [-0.05, 0) is 58.1 Å². The normalized spacial score (nSPS) is 11.5. The molecule has 0 unspecified atom stereocenters. The Hall–Kier alpha value is -4.22. The Balaban J connectivity index is 1.54. The third kappa shape index (κ3) is 8.42. The van der Waals surface area contributed by atoms with Gasteiger partial charge in [0.25, 0.3) is 0 Å². The van der Waals surface area contributed by atoms with E-state index in [1.54, 1.807) is 27.0 Å². The number of aromatic nitrogens is 3. The number of hydrogen-bond acceptors (Lipinski definition) is 9. The molecular formula is C32H42N6O5. The fourth-order valence-electron chi connectivity index (χ4n) is 5.01. The van der Waals surface area contributed by atoms with Crippen molar-refractivity contribution < 1.29 is 23.8 Å². The highest BCUT2D eigenvalue weighted by Crippen LogP contribution is 2.29. The van der Waals surface area contributed by atoms with Crippen molar-refractivity contribution in [3.63, 3.8) is 0 Å². The second kappa shape index (κ2) is 14.8. The summed E-state index contributed by atoms with van der Waals surface area (Å²) in [6.07, 6.45) is 1.11. The minimum absolute atomic E-state index is 0.0193. The molecule has 2 aromatic carbocycles. The molecule has 2 heterocycles. The second-order valence-electron chi connectivity index (χ2n) is 11.0. The maximum absolute atomic E-state index is 13.3. The van der Waals surface area contributed by atoms with Gasteiger partial charge in [-0.3, -0.25) is 4.79 Å². The molecule has 2 aromatic heterocycles. The lowest BCUT2D eigenvalue weighted by atomic mass is 10.1. The Labute approximate surface area is 252 Å². The van der Waals surface area contributed by atoms with Crippen LogP contribution in [0.25, 0.3) is 21.9 Å². The van der Waals surface area contributed by atoms with E-state index >= 15 is 0 Å². The molecule has 4 aromatic rings. The Morgan fingerprint density at radius 1 is 1.07 bits per heavy atom. The van der Waals surface area contributed by atoms with E-state index in [9.17, 15) is 9.59 Å². The van der Waals surface area contributed by atoms with E-state index in [2.05, 4.69) is 9.55 Å². The van der Waals surface area contributed by atoms with Crippen molar-refractivity contribution in [1.82, 2.24) is 24.3 Å². The summed E-state index contributed by atoms with van der Waals surface area (Å²) < 4.78 is 18.4. The summed E-state index contributed by atoms with van der Waals surface area (Å²) in [5.41, 5.74) is 9.68. The molecule has 0 aliphatic carbocycles. The van der Waals surface area contributed by atoms with Crippen molar-refractivity contribution >= 4 is 39.6 Å². The summed E-state index contributed by atoms with van der Waals surface area (Å²) >= 11 is 0. The number of pyridine rings is 1. The molecule has 0 fully saturated rings. The van der Waals surface area contributed by atoms with Gasteiger partial charge in [-0.25, -0.2) is 14.8 Å². The molecule has 2 N–H and O–H groups in total. The van der Waals surface area contributed by atoms with Crippen LogP contribution >= 0.6 is 0 Å². The number of carbonyl (C=O) groups is 2. The van der Waals surface area contributed by atoms with Crippen LogP contribution in [0.4, 0.5) is 5.82 Å². The van der Waals surface area contributed by atoms with Gasteiger partial charge in [-0.15, -0.1) is 0 Å². The Bertz CT molecular complexity index is 1550. The van der Waals surface area contributed by atoms with Crippen molar-refractivity contribution in [1.29, 1.82) is 0 Å². The number of nitrogens with two attached hydrogens (primary N) is 1. The number of carbonyl (C=O) groups excluding carboxylic acids is 2. The number of hydrogen-bond donors (Lipinski definition) is 1. The molecule has 11 nitrogen and oxygen atoms in total. The van der Waals surface area contributed by atoms with Crippen LogP contribution in [0, 0.1) is 0 Å². The first-order valence-electron chi connectivity index (χ1n) is 14.5. The van der Waals surface area contributed by atoms with Crippen molar-refractivity contribution in [2.75, 3.05) is 53.2 Å². The molecule has 4 rings (SSSR count). The lowest BCUT2D eigenvalue weighted by Gasteiger charge is -2.25. The van der Waals surface area contributed by atoms with Crippen molar-refractivity contribution in [2.45, 2.75) is 45.9 Å². The minimum Gasteiger partial charge on any atom is -0.482 e. The zero-order valence-electron chi connectivity index (χ0n) is 25.7. The second-order valence-corrected chi connectivity index (χ2v) is 11.0. The number of amides is 1. The number of likely N-dealkylation sites (N-methyl/N-ethyl adjacent to an activating group) is 1. The number of ether oxygens (including phenoxy) is 3. The molecule has 0 aliphatic rings. The molecule has 0 bridgehead atoms. The lowest BCUT2D eigenvalue weighted by molar-refractivity contribution is -0.149. The third-order valence-corrected chi connectivity index (χ3v) is 6.83. The molecule has 0 spiro atoms. The van der Waals surface area contributed by atoms with Crippen molar-refractivity contribution in [2.24, 2.45) is 0 Å². The van der Waals surface area contributed by atoms with Crippen molar-refractivity contribution in [3.8, 4) is 5.75 Å². The first kappa shape index (κ1) is 31.7. The average Bonchev–Trinajstić information content (AvgIpc) is 3.33. The summed E-state index contributed by atoms with van der Waals surface area (Å²) in [6.45, 7) is 5.79. The van der Waals surface area contributed by atoms with E-state index in [1.807, 2.05) is 66.4 Å². The molecule has 0 aliphatic heterocycles. The van der Waals surface area contributed by atoms with Gasteiger partial charge >= 0.3 is 5.97 Å². The van der Waals surface area contributed by atoms with Gasteiger partial charge in [0, 0.05) is 38.6 Å². The van der Waals surface area contributed by atoms with E-state index in [4.69, 9.17) is 24.9 Å². The van der Waals surface area contributed by atoms with Crippen LogP contribution in [0.5, 0.6) is 5.75 Å². The number of rotatable bonds is 15. The van der Waals surface area contributed by atoms with Gasteiger partial charge in [0.2, 0.25) is 5.91 Å². The highest BCUT2D eigenvalue weighted by atomic mass is 16.6. The highest BCUT2D eigenvalue weighted by molar-refractivity contribution is 6.06. The Kier molecular flexibility index (Phi) is 10.9. The summed E-state index contributed by atoms with van der Waals surface area (Å²) in [5.74, 6) is 1.40. The maximum Gasteiger partial charge on any atom is 0.344 e. The van der Waals surface area contributed by atoms with Crippen LogP contribution in [-0.2, 0) is 38.6 Å². The van der Waals surface area contributed by atoms with E-state index in [0.29, 0.717) is 56.2 Å². The van der Waals surface area contributed by atoms with Crippen LogP contribution in [0.3, 0.4) is 0 Å². The van der Waals surface area contributed by atoms with Gasteiger partial charge in [0.15, 0.2) is 12.4 Å². The van der Waals surface area contributed by atoms with E-state index in [1.165, 1.54) is 0 Å². The number of benzene rings is 2. The summed E-state index contributed by atoms with van der Waals surface area (Å²) in [4.78, 5) is 38.4. The Morgan fingerprint density at radius 3 is 2.60 bits per heavy atom. The zero-order valence-corrected chi connectivity index (χ0v) is 25.7. The quantitative estimate of drug-likeness (QED) is 0.207. The van der Waals surface area contributed by atoms with Crippen LogP contribution in [0.1, 0.15) is 31.7 Å². The number of methoxy groups -OCH3 is 1. The number of para-hydroxylation sites is 1. The first-order valence-corrected chi connectivity index (χ1v) is 14.5. The molecule has 0 saturated carbocycles. The highest BCUT2D eigenvalue weighted by Gasteiger charge is 2.19. The standard InChI is InChI=1S/C32H42N6O5/c1-22(2)43-29(40)21-42-24-11-8-10-23(18-24)19-37(28(39)20-36(3)4)15-9-16-38-27(14-17-41-5)35-30-31(38)25-12-6-7-13-26(25)34-32(30)33/h6-8,10-13,18,22H,9,14-17,19-21H2,1-5H3,(H2,33,34). The van der Waals surface area contributed by atoms with Gasteiger partial charge in [-0.1, -0.05) is 30.3 Å². The smallest absolute Gasteiger partial charge is 0.344 e. The summed E-state index contributed by atoms with van der Waals surface area (Å²) in [7, 11) is 5.43. The van der Waals surface area contributed by atoms with Crippen molar-refractivity contribution in [3.05, 3.63) is 59.9 Å². The van der Waals surface area contributed by atoms with E-state index < -0.39 is 5.97 Å². The number of aryl methyl sites for hydroxylation is 1. The molecule has 11 heteroatoms. The van der Waals surface area contributed by atoms with Gasteiger partial charge in [-0.2, -0.15) is 0 Å². The lowest BCUT2D eigenvalue weighted by Crippen LogP contribution is -2.38. The number of fused-ring (bicyclic) bond motifs is 3. The van der Waals surface area contributed by atoms with Crippen LogP contribution in [0.15, 0.2) is 48.5 Å².